The molecule has 0 aliphatic carbocycles. The van der Waals surface area contributed by atoms with Crippen molar-refractivity contribution in [2.24, 2.45) is 5.92 Å². The maximum absolute atomic E-state index is 10.8. The molecule has 0 radical (unpaired) electrons. The van der Waals surface area contributed by atoms with Crippen LogP contribution in [0.3, 0.4) is 0 Å². The molecule has 0 bridgehead atoms. The van der Waals surface area contributed by atoms with Crippen LogP contribution in [0.5, 0.6) is 0 Å². The molecule has 0 fully saturated rings. The lowest BCUT2D eigenvalue weighted by Crippen LogP contribution is -2.47. The molecule has 0 aliphatic heterocycles. The van der Waals surface area contributed by atoms with Crippen LogP contribution >= 0.6 is 0 Å². The van der Waals surface area contributed by atoms with E-state index < -0.39 is 18.1 Å². The van der Waals surface area contributed by atoms with Crippen LogP contribution in [-0.2, 0) is 9.59 Å². The van der Waals surface area contributed by atoms with Crippen molar-refractivity contribution in [3.8, 4) is 0 Å². The average Bonchev–Trinajstić information content (AvgIpc) is 2.13. The van der Waals surface area contributed by atoms with Crippen molar-refractivity contribution < 1.29 is 19.8 Å². The summed E-state index contributed by atoms with van der Waals surface area (Å²) >= 11 is 0. The van der Waals surface area contributed by atoms with Gasteiger partial charge < -0.3 is 20.8 Å². The molecule has 4 N–H and O–H groups in total. The molecule has 0 aromatic rings. The largest absolute Gasteiger partial charge is 0.480 e. The van der Waals surface area contributed by atoms with Gasteiger partial charge in [-0.15, -0.1) is 0 Å². The highest BCUT2D eigenvalue weighted by atomic mass is 16.4. The van der Waals surface area contributed by atoms with E-state index in [1.54, 1.807) is 0 Å². The van der Waals surface area contributed by atoms with Crippen LogP contribution in [0, 0.1) is 5.92 Å². The van der Waals surface area contributed by atoms with Gasteiger partial charge in [-0.3, -0.25) is 4.79 Å². The zero-order chi connectivity index (χ0) is 13.4. The molecule has 0 aliphatic rings. The topological polar surface area (TPSA) is 98.7 Å². The minimum Gasteiger partial charge on any atom is -0.480 e. The van der Waals surface area contributed by atoms with Gasteiger partial charge in [-0.05, 0) is 12.3 Å². The quantitative estimate of drug-likeness (QED) is 0.466. The Hall–Kier alpha value is -1.14. The van der Waals surface area contributed by atoms with Gasteiger partial charge in [0, 0.05) is 20.0 Å². The van der Waals surface area contributed by atoms with E-state index >= 15 is 0 Å². The van der Waals surface area contributed by atoms with Crippen molar-refractivity contribution in [3.05, 3.63) is 0 Å². The molecule has 2 atom stereocenters. The number of nitrogens with one attached hydrogen (secondary N) is 2. The van der Waals surface area contributed by atoms with Crippen LogP contribution in [-0.4, -0.2) is 47.3 Å². The molecule has 0 spiro atoms. The van der Waals surface area contributed by atoms with Gasteiger partial charge >= 0.3 is 5.97 Å². The molecule has 0 saturated heterocycles. The predicted octanol–water partition coefficient (Wildman–Crippen LogP) is -0.428. The van der Waals surface area contributed by atoms with Gasteiger partial charge in [0.1, 0.15) is 6.04 Å². The molecule has 2 unspecified atom stereocenters. The van der Waals surface area contributed by atoms with Crippen molar-refractivity contribution >= 4 is 11.9 Å². The molecule has 6 heteroatoms. The first kappa shape index (κ1) is 15.9. The fourth-order valence-electron chi connectivity index (χ4n) is 1.47. The number of carbonyl (C=O) groups is 2. The summed E-state index contributed by atoms with van der Waals surface area (Å²) in [5.41, 5.74) is 0. The van der Waals surface area contributed by atoms with Gasteiger partial charge in [-0.2, -0.15) is 0 Å². The second-order valence-electron chi connectivity index (χ2n) is 4.53. The summed E-state index contributed by atoms with van der Waals surface area (Å²) in [4.78, 5) is 21.5. The van der Waals surface area contributed by atoms with Crippen LogP contribution in [0.15, 0.2) is 0 Å². The van der Waals surface area contributed by atoms with E-state index in [1.165, 1.54) is 6.92 Å². The third-order valence-electron chi connectivity index (χ3n) is 2.15. The number of carboxylic acids is 1. The molecule has 0 aromatic carbocycles. The van der Waals surface area contributed by atoms with Crippen molar-refractivity contribution in [1.29, 1.82) is 0 Å². The lowest BCUT2D eigenvalue weighted by Gasteiger charge is -2.17. The highest BCUT2D eigenvalue weighted by Crippen LogP contribution is 2.03. The second-order valence-corrected chi connectivity index (χ2v) is 4.53. The minimum atomic E-state index is -1.09. The molecule has 0 rings (SSSR count). The number of rotatable bonds is 8. The number of hydrogen-bond donors (Lipinski definition) is 4. The summed E-state index contributed by atoms with van der Waals surface area (Å²) in [7, 11) is 0. The summed E-state index contributed by atoms with van der Waals surface area (Å²) in [5.74, 6) is -1.09. The standard InChI is InChI=1S/C11H22N2O4/c1-7(2)4-9(15)5-12-6-10(11(16)17)13-8(3)14/h7,9-10,12,15H,4-6H2,1-3H3,(H,13,14)(H,16,17). The van der Waals surface area contributed by atoms with E-state index in [0.29, 0.717) is 18.9 Å². The third-order valence-corrected chi connectivity index (χ3v) is 2.15. The number of carbonyl (C=O) groups excluding carboxylic acids is 1. The Morgan fingerprint density at radius 3 is 2.24 bits per heavy atom. The predicted molar refractivity (Wildman–Crippen MR) is 63.6 cm³/mol. The first-order chi connectivity index (χ1) is 7.82. The lowest BCUT2D eigenvalue weighted by atomic mass is 10.1. The number of carboxylic acid groups (broad SMARTS) is 1. The summed E-state index contributed by atoms with van der Waals surface area (Å²) in [6.45, 7) is 5.69. The first-order valence-corrected chi connectivity index (χ1v) is 5.71. The molecule has 0 saturated carbocycles. The van der Waals surface area contributed by atoms with Gasteiger partial charge in [0.2, 0.25) is 5.91 Å². The Balaban J connectivity index is 3.89. The number of aliphatic carboxylic acids is 1. The lowest BCUT2D eigenvalue weighted by molar-refractivity contribution is -0.141. The SMILES string of the molecule is CC(=O)NC(CNCC(O)CC(C)C)C(=O)O. The average molecular weight is 246 g/mol. The summed E-state index contributed by atoms with van der Waals surface area (Å²) in [5, 5.41) is 23.5. The fourth-order valence-corrected chi connectivity index (χ4v) is 1.47. The van der Waals surface area contributed by atoms with Gasteiger partial charge in [0.05, 0.1) is 6.10 Å². The zero-order valence-corrected chi connectivity index (χ0v) is 10.6. The monoisotopic (exact) mass is 246 g/mol. The molecule has 100 valence electrons. The molecule has 0 heterocycles. The van der Waals surface area contributed by atoms with E-state index in [1.807, 2.05) is 13.8 Å². The summed E-state index contributed by atoms with van der Waals surface area (Å²) < 4.78 is 0. The Kier molecular flexibility index (Phi) is 7.49. The number of hydrogen-bond acceptors (Lipinski definition) is 4. The van der Waals surface area contributed by atoms with Crippen molar-refractivity contribution in [3.63, 3.8) is 0 Å². The van der Waals surface area contributed by atoms with E-state index in [4.69, 9.17) is 5.11 Å². The summed E-state index contributed by atoms with van der Waals surface area (Å²) in [6, 6.07) is -0.959. The molecule has 1 amide bonds. The van der Waals surface area contributed by atoms with Gasteiger partial charge in [-0.1, -0.05) is 13.8 Å². The molecule has 0 aromatic heterocycles. The van der Waals surface area contributed by atoms with Crippen molar-refractivity contribution in [1.82, 2.24) is 10.6 Å². The molecule has 6 nitrogen and oxygen atoms in total. The smallest absolute Gasteiger partial charge is 0.327 e. The van der Waals surface area contributed by atoms with E-state index in [-0.39, 0.29) is 12.5 Å². The van der Waals surface area contributed by atoms with Gasteiger partial charge in [0.25, 0.3) is 0 Å². The normalized spacial score (nSPS) is 14.4. The zero-order valence-electron chi connectivity index (χ0n) is 10.6. The maximum Gasteiger partial charge on any atom is 0.327 e. The van der Waals surface area contributed by atoms with E-state index in [2.05, 4.69) is 10.6 Å². The van der Waals surface area contributed by atoms with Crippen LogP contribution < -0.4 is 10.6 Å². The van der Waals surface area contributed by atoms with E-state index in [0.717, 1.165) is 0 Å². The second kappa shape index (κ2) is 8.03. The number of aliphatic hydroxyl groups excluding tert-OH is 1. The highest BCUT2D eigenvalue weighted by Gasteiger charge is 2.18. The van der Waals surface area contributed by atoms with Crippen LogP contribution in [0.4, 0.5) is 0 Å². The van der Waals surface area contributed by atoms with Crippen molar-refractivity contribution in [2.45, 2.75) is 39.3 Å². The Morgan fingerprint density at radius 2 is 1.82 bits per heavy atom. The molecule has 17 heavy (non-hydrogen) atoms. The first-order valence-electron chi connectivity index (χ1n) is 5.71. The molecular formula is C11H22N2O4. The Labute approximate surface area is 101 Å². The summed E-state index contributed by atoms with van der Waals surface area (Å²) in [6.07, 6.45) is 0.159. The van der Waals surface area contributed by atoms with Gasteiger partial charge in [-0.25, -0.2) is 4.79 Å². The Morgan fingerprint density at radius 1 is 1.24 bits per heavy atom. The van der Waals surface area contributed by atoms with Crippen LogP contribution in [0.1, 0.15) is 27.2 Å². The van der Waals surface area contributed by atoms with Gasteiger partial charge in [0.15, 0.2) is 0 Å². The third kappa shape index (κ3) is 8.65. The van der Waals surface area contributed by atoms with E-state index in [9.17, 15) is 14.7 Å². The maximum atomic E-state index is 10.8. The number of aliphatic hydroxyl groups is 1. The Bertz CT molecular complexity index is 256. The van der Waals surface area contributed by atoms with Crippen LogP contribution in [0.2, 0.25) is 0 Å². The fraction of sp³-hybridized carbons (Fsp3) is 0.818. The number of amides is 1. The minimum absolute atomic E-state index is 0.101. The van der Waals surface area contributed by atoms with Crippen molar-refractivity contribution in [2.75, 3.05) is 13.1 Å². The highest BCUT2D eigenvalue weighted by molar-refractivity contribution is 5.82. The molecular weight excluding hydrogens is 224 g/mol. The van der Waals surface area contributed by atoms with Crippen LogP contribution in [0.25, 0.3) is 0 Å².